The van der Waals surface area contributed by atoms with Crippen LogP contribution in [0, 0.1) is 0 Å². The van der Waals surface area contributed by atoms with Crippen molar-refractivity contribution in [3.63, 3.8) is 0 Å². The minimum atomic E-state index is -2.79. The highest BCUT2D eigenvalue weighted by molar-refractivity contribution is 9.10. The number of anilines is 5. The minimum Gasteiger partial charge on any atom is -0.494 e. The lowest BCUT2D eigenvalue weighted by molar-refractivity contribution is -0.127. The van der Waals surface area contributed by atoms with Crippen LogP contribution in [0.5, 0.6) is 5.75 Å². The molecule has 1 aliphatic carbocycles. The molecule has 16 heteroatoms. The van der Waals surface area contributed by atoms with Crippen LogP contribution >= 0.6 is 23.1 Å². The lowest BCUT2D eigenvalue weighted by atomic mass is 9.85. The highest BCUT2D eigenvalue weighted by Gasteiger charge is 2.48. The Labute approximate surface area is 308 Å². The molecule has 0 radical (unpaired) electrons. The molecule has 0 atom stereocenters. The van der Waals surface area contributed by atoms with E-state index in [9.17, 15) is 13.3 Å². The average Bonchev–Trinajstić information content (AvgIpc) is 3.39. The van der Waals surface area contributed by atoms with E-state index in [-0.39, 0.29) is 24.9 Å². The molecule has 5 heterocycles. The van der Waals surface area contributed by atoms with E-state index in [4.69, 9.17) is 9.72 Å². The molecule has 2 aliphatic heterocycles. The van der Waals surface area contributed by atoms with E-state index in [0.29, 0.717) is 49.7 Å². The highest BCUT2D eigenvalue weighted by Crippen LogP contribution is 2.46. The zero-order chi connectivity index (χ0) is 36.4. The van der Waals surface area contributed by atoms with E-state index in [1.54, 1.807) is 39.0 Å². The van der Waals surface area contributed by atoms with Gasteiger partial charge in [-0.1, -0.05) is 0 Å². The lowest BCUT2D eigenvalue weighted by Crippen LogP contribution is -2.55. The van der Waals surface area contributed by atoms with Crippen LogP contribution in [0.2, 0.25) is 0 Å². The predicted molar refractivity (Wildman–Crippen MR) is 204 cm³/mol. The van der Waals surface area contributed by atoms with Crippen molar-refractivity contribution in [2.75, 3.05) is 55.6 Å². The number of ether oxygens (including phenoxy) is 1. The van der Waals surface area contributed by atoms with Crippen molar-refractivity contribution in [2.24, 2.45) is 7.05 Å². The van der Waals surface area contributed by atoms with Gasteiger partial charge in [-0.2, -0.15) is 10.1 Å². The van der Waals surface area contributed by atoms with Crippen molar-refractivity contribution in [1.82, 2.24) is 34.6 Å². The maximum Gasteiger partial charge on any atom is 0.251 e. The first-order chi connectivity index (χ1) is 24.9. The highest BCUT2D eigenvalue weighted by atomic mass is 79.9. The minimum absolute atomic E-state index is 0.0167. The van der Waals surface area contributed by atoms with E-state index < -0.39 is 13.1 Å². The smallest absolute Gasteiger partial charge is 0.251 e. The average molecular weight is 794 g/mol. The molecule has 3 aliphatic rings. The van der Waals surface area contributed by atoms with Crippen molar-refractivity contribution >= 4 is 68.2 Å². The number of halogens is 3. The van der Waals surface area contributed by atoms with Gasteiger partial charge in [-0.3, -0.25) is 19.5 Å². The third-order valence-corrected chi connectivity index (χ3v) is 12.6. The lowest BCUT2D eigenvalue weighted by Gasteiger charge is -2.47. The molecule has 52 heavy (non-hydrogen) atoms. The number of alkyl halides is 2. The molecular weight excluding hydrogens is 753 g/mol. The van der Waals surface area contributed by atoms with Crippen molar-refractivity contribution in [1.29, 1.82) is 0 Å². The van der Waals surface area contributed by atoms with E-state index in [2.05, 4.69) is 68.5 Å². The summed E-state index contributed by atoms with van der Waals surface area (Å²) in [7, 11) is 0.818. The van der Waals surface area contributed by atoms with Gasteiger partial charge in [0.25, 0.3) is 5.92 Å². The van der Waals surface area contributed by atoms with Crippen LogP contribution in [0.1, 0.15) is 31.4 Å². The number of aryl methyl sites for hydroxylation is 1. The van der Waals surface area contributed by atoms with Gasteiger partial charge in [0.1, 0.15) is 24.2 Å². The monoisotopic (exact) mass is 792 g/mol. The number of rotatable bonds is 8. The summed E-state index contributed by atoms with van der Waals surface area (Å²) >= 11 is 3.58. The number of nitrogens with zero attached hydrogens (tertiary/aromatic N) is 8. The second kappa shape index (κ2) is 13.3. The van der Waals surface area contributed by atoms with Crippen LogP contribution in [-0.2, 0) is 18.0 Å². The summed E-state index contributed by atoms with van der Waals surface area (Å²) in [6.45, 7) is 5.84. The van der Waals surface area contributed by atoms with Crippen LogP contribution in [0.4, 0.5) is 37.6 Å². The van der Waals surface area contributed by atoms with Gasteiger partial charge in [0.05, 0.1) is 40.0 Å². The zero-order valence-electron chi connectivity index (χ0n) is 29.4. The first-order valence-corrected chi connectivity index (χ1v) is 20.8. The predicted octanol–water partition coefficient (Wildman–Crippen LogP) is 6.95. The summed E-state index contributed by atoms with van der Waals surface area (Å²) < 4.78 is 49.3. The standard InChI is InChI=1S/C36H40BrF2N10O2P/c1-47-29-9-14-49(21-7-12-48(13-8-21)22-17-36(38,39)18-22)30-16-31(51-2)28(15-23(30)24(29)19-43-47)45-35-42-20-25(37)34(46-35)44-27-6-5-26-32(41-11-10-40-26)33(27)52(3,4)50/h5-6,10-11,15-16,19-22H,7-9,12-14,17-18H2,1-4H3,(H2,42,44,45,46). The van der Waals surface area contributed by atoms with E-state index in [1.807, 2.05) is 30.1 Å². The van der Waals surface area contributed by atoms with Crippen molar-refractivity contribution in [2.45, 2.75) is 50.1 Å². The molecule has 0 spiro atoms. The van der Waals surface area contributed by atoms with E-state index in [0.717, 1.165) is 61.4 Å². The molecule has 2 N–H and O–H groups in total. The van der Waals surface area contributed by atoms with Crippen molar-refractivity contribution in [3.8, 4) is 16.9 Å². The Balaban J connectivity index is 1.11. The molecule has 1 saturated carbocycles. The zero-order valence-corrected chi connectivity index (χ0v) is 31.9. The molecule has 1 saturated heterocycles. The number of aromatic nitrogens is 6. The van der Waals surface area contributed by atoms with Gasteiger partial charge in [0, 0.05) is 105 Å². The summed E-state index contributed by atoms with van der Waals surface area (Å²) in [6, 6.07) is 8.07. The Morgan fingerprint density at radius 1 is 0.962 bits per heavy atom. The first kappa shape index (κ1) is 34.9. The molecule has 2 aromatic carbocycles. The van der Waals surface area contributed by atoms with Crippen LogP contribution in [0.3, 0.4) is 0 Å². The molecule has 12 nitrogen and oxygen atoms in total. The van der Waals surface area contributed by atoms with Gasteiger partial charge in [-0.15, -0.1) is 0 Å². The maximum absolute atomic E-state index is 13.6. The Bertz CT molecular complexity index is 2210. The molecule has 2 fully saturated rings. The Morgan fingerprint density at radius 2 is 1.73 bits per heavy atom. The third kappa shape index (κ3) is 6.51. The van der Waals surface area contributed by atoms with Crippen LogP contribution < -0.4 is 25.6 Å². The van der Waals surface area contributed by atoms with Gasteiger partial charge >= 0.3 is 0 Å². The molecule has 0 bridgehead atoms. The van der Waals surface area contributed by atoms with Crippen molar-refractivity contribution < 1.29 is 18.1 Å². The molecule has 0 amide bonds. The van der Waals surface area contributed by atoms with Crippen LogP contribution in [0.15, 0.2) is 53.5 Å². The van der Waals surface area contributed by atoms with E-state index >= 15 is 0 Å². The van der Waals surface area contributed by atoms with Crippen LogP contribution in [-0.4, -0.2) is 92.7 Å². The van der Waals surface area contributed by atoms with Gasteiger partial charge in [0.15, 0.2) is 0 Å². The number of piperidine rings is 1. The molecule has 3 aromatic heterocycles. The second-order valence-corrected chi connectivity index (χ2v) is 18.2. The Kier molecular flexibility index (Phi) is 8.94. The summed E-state index contributed by atoms with van der Waals surface area (Å²) in [5.41, 5.74) is 6.80. The SMILES string of the molecule is COc1cc2c(cc1Nc1ncc(Br)c(Nc3ccc4nccnc4c3P(C)(C)=O)n1)-c1cnn(C)c1CCN2C1CCN(C2CC(F)(F)C2)CC1. The first-order valence-electron chi connectivity index (χ1n) is 17.4. The van der Waals surface area contributed by atoms with E-state index in [1.165, 1.54) is 0 Å². The number of nitrogens with one attached hydrogen (secondary N) is 2. The summed E-state index contributed by atoms with van der Waals surface area (Å²) in [5.74, 6) is -1.09. The molecule has 272 valence electrons. The second-order valence-electron chi connectivity index (χ2n) is 14.2. The van der Waals surface area contributed by atoms with Gasteiger partial charge in [-0.25, -0.2) is 13.8 Å². The third-order valence-electron chi connectivity index (χ3n) is 10.5. The van der Waals surface area contributed by atoms with Gasteiger partial charge < -0.3 is 24.8 Å². The number of methoxy groups -OCH3 is 1. The molecule has 5 aromatic rings. The number of likely N-dealkylation sites (tertiary alicyclic amines) is 1. The largest absolute Gasteiger partial charge is 0.494 e. The fourth-order valence-corrected chi connectivity index (χ4v) is 9.56. The normalized spacial score (nSPS) is 18.0. The topological polar surface area (TPSA) is 126 Å². The fourth-order valence-electron chi connectivity index (χ4n) is 7.88. The number of fused-ring (bicyclic) bond motifs is 4. The van der Waals surface area contributed by atoms with Gasteiger partial charge in [-0.05, 0) is 60.3 Å². The number of benzene rings is 2. The summed E-state index contributed by atoms with van der Waals surface area (Å²) in [4.78, 5) is 23.0. The molecule has 8 rings (SSSR count). The Morgan fingerprint density at radius 3 is 2.46 bits per heavy atom. The number of hydrogen-bond acceptors (Lipinski definition) is 11. The van der Waals surface area contributed by atoms with Crippen LogP contribution in [0.25, 0.3) is 22.2 Å². The molecular formula is C36H40BrF2N10O2P. The summed E-state index contributed by atoms with van der Waals surface area (Å²) in [6.07, 6.45) is 9.34. The Hall–Kier alpha value is -4.20. The van der Waals surface area contributed by atoms with Gasteiger partial charge in [0.2, 0.25) is 5.95 Å². The number of hydrogen-bond donors (Lipinski definition) is 2. The summed E-state index contributed by atoms with van der Waals surface area (Å²) in [5, 5.41) is 12.0. The molecule has 0 unspecified atom stereocenters. The fraction of sp³-hybridized carbons (Fsp3) is 0.417. The quantitative estimate of drug-likeness (QED) is 0.159. The maximum atomic E-state index is 13.6. The van der Waals surface area contributed by atoms with Crippen molar-refractivity contribution in [3.05, 3.63) is 59.2 Å².